The fraction of sp³-hybridized carbons (Fsp3) is 0.333. The van der Waals surface area contributed by atoms with Gasteiger partial charge in [0, 0.05) is 25.7 Å². The van der Waals surface area contributed by atoms with Gasteiger partial charge in [-0.1, -0.05) is 0 Å². The van der Waals surface area contributed by atoms with E-state index in [1.54, 1.807) is 35.1 Å². The number of aromatic nitrogens is 2. The first kappa shape index (κ1) is 24.3. The minimum atomic E-state index is -1.00. The van der Waals surface area contributed by atoms with Crippen molar-refractivity contribution in [1.29, 1.82) is 0 Å². The SMILES string of the molecule is CCNC(=NCC(C)(O)c1ccsc1)NCCc1ccn(-c2ccc(F)cc2)n1.I. The Morgan fingerprint density at radius 1 is 1.23 bits per heavy atom. The summed E-state index contributed by atoms with van der Waals surface area (Å²) < 4.78 is 14.8. The minimum Gasteiger partial charge on any atom is -0.383 e. The molecule has 1 aromatic carbocycles. The monoisotopic (exact) mass is 543 g/mol. The number of guanidine groups is 1. The third kappa shape index (κ3) is 6.78. The highest BCUT2D eigenvalue weighted by Crippen LogP contribution is 2.23. The fourth-order valence-corrected chi connectivity index (χ4v) is 3.56. The predicted molar refractivity (Wildman–Crippen MR) is 131 cm³/mol. The summed E-state index contributed by atoms with van der Waals surface area (Å²) in [6.07, 6.45) is 2.57. The van der Waals surface area contributed by atoms with E-state index in [2.05, 4.69) is 20.7 Å². The van der Waals surface area contributed by atoms with Gasteiger partial charge in [-0.2, -0.15) is 16.4 Å². The smallest absolute Gasteiger partial charge is 0.191 e. The number of rotatable bonds is 8. The van der Waals surface area contributed by atoms with Crippen LogP contribution in [0.5, 0.6) is 0 Å². The van der Waals surface area contributed by atoms with Gasteiger partial charge in [0.1, 0.15) is 11.4 Å². The lowest BCUT2D eigenvalue weighted by Crippen LogP contribution is -2.39. The minimum absolute atomic E-state index is 0. The molecule has 3 rings (SSSR count). The third-order valence-electron chi connectivity index (χ3n) is 4.44. The lowest BCUT2D eigenvalue weighted by Gasteiger charge is -2.21. The van der Waals surface area contributed by atoms with E-state index in [1.807, 2.05) is 36.0 Å². The Bertz CT molecular complexity index is 925. The number of nitrogens with zero attached hydrogens (tertiary/aromatic N) is 3. The molecule has 0 bridgehead atoms. The summed E-state index contributed by atoms with van der Waals surface area (Å²) >= 11 is 1.56. The number of aliphatic imine (C=N–C) groups is 1. The van der Waals surface area contributed by atoms with Crippen LogP contribution in [0.25, 0.3) is 5.69 Å². The predicted octanol–water partition coefficient (Wildman–Crippen LogP) is 3.70. The van der Waals surface area contributed by atoms with Crippen LogP contribution in [0.3, 0.4) is 0 Å². The molecule has 30 heavy (non-hydrogen) atoms. The van der Waals surface area contributed by atoms with Crippen molar-refractivity contribution in [1.82, 2.24) is 20.4 Å². The Kier molecular flexibility index (Phi) is 9.25. The second-order valence-corrected chi connectivity index (χ2v) is 7.67. The summed E-state index contributed by atoms with van der Waals surface area (Å²) in [4.78, 5) is 4.52. The van der Waals surface area contributed by atoms with E-state index in [-0.39, 0.29) is 36.3 Å². The van der Waals surface area contributed by atoms with Crippen molar-refractivity contribution in [2.75, 3.05) is 19.6 Å². The van der Waals surface area contributed by atoms with Gasteiger partial charge in [0.05, 0.1) is 17.9 Å². The highest BCUT2D eigenvalue weighted by molar-refractivity contribution is 14.0. The molecule has 9 heteroatoms. The molecule has 162 valence electrons. The van der Waals surface area contributed by atoms with Crippen LogP contribution in [0.2, 0.25) is 0 Å². The van der Waals surface area contributed by atoms with Crippen LogP contribution in [-0.4, -0.2) is 40.5 Å². The normalized spacial score (nSPS) is 13.4. The number of aliphatic hydroxyl groups is 1. The summed E-state index contributed by atoms with van der Waals surface area (Å²) in [5.41, 5.74) is 1.60. The number of benzene rings is 1. The zero-order valence-corrected chi connectivity index (χ0v) is 20.2. The molecule has 0 fully saturated rings. The molecule has 1 atom stereocenters. The Balaban J connectivity index is 0.00000320. The largest absolute Gasteiger partial charge is 0.383 e. The van der Waals surface area contributed by atoms with Crippen LogP contribution in [0.4, 0.5) is 4.39 Å². The molecule has 0 spiro atoms. The Labute approximate surface area is 197 Å². The van der Waals surface area contributed by atoms with Gasteiger partial charge < -0.3 is 15.7 Å². The molecule has 3 aromatic rings. The fourth-order valence-electron chi connectivity index (χ4n) is 2.78. The van der Waals surface area contributed by atoms with E-state index in [9.17, 15) is 9.50 Å². The lowest BCUT2D eigenvalue weighted by molar-refractivity contribution is 0.0677. The van der Waals surface area contributed by atoms with Crippen molar-refractivity contribution in [2.24, 2.45) is 4.99 Å². The second-order valence-electron chi connectivity index (χ2n) is 6.89. The molecule has 0 saturated carbocycles. The van der Waals surface area contributed by atoms with E-state index in [4.69, 9.17) is 0 Å². The summed E-state index contributed by atoms with van der Waals surface area (Å²) in [6.45, 7) is 5.40. The molecule has 0 saturated heterocycles. The number of hydrogen-bond acceptors (Lipinski definition) is 4. The maximum atomic E-state index is 13.1. The van der Waals surface area contributed by atoms with Crippen LogP contribution in [-0.2, 0) is 12.0 Å². The van der Waals surface area contributed by atoms with Crippen LogP contribution in [0.1, 0.15) is 25.1 Å². The van der Waals surface area contributed by atoms with Crippen LogP contribution < -0.4 is 10.6 Å². The van der Waals surface area contributed by atoms with E-state index < -0.39 is 5.60 Å². The summed E-state index contributed by atoms with van der Waals surface area (Å²) in [6, 6.07) is 10.1. The number of hydrogen-bond donors (Lipinski definition) is 3. The number of thiophene rings is 1. The van der Waals surface area contributed by atoms with Crippen molar-refractivity contribution in [3.8, 4) is 5.69 Å². The molecule has 0 aliphatic heterocycles. The quantitative estimate of drug-likeness (QED) is 0.230. The molecule has 0 radical (unpaired) electrons. The van der Waals surface area contributed by atoms with Gasteiger partial charge in [0.15, 0.2) is 5.96 Å². The second kappa shape index (κ2) is 11.4. The standard InChI is InChI=1S/C21H26FN5OS.HI/c1-3-23-20(25-15-21(2,28)16-10-13-29-14-16)24-11-8-18-9-12-27(26-18)19-6-4-17(22)5-7-19;/h4-7,9-10,12-14,28H,3,8,11,15H2,1-2H3,(H2,23,24,25);1H. The summed E-state index contributed by atoms with van der Waals surface area (Å²) in [7, 11) is 0. The molecule has 0 amide bonds. The molecule has 6 nitrogen and oxygen atoms in total. The Hall–Kier alpha value is -1.98. The van der Waals surface area contributed by atoms with Gasteiger partial charge in [-0.15, -0.1) is 24.0 Å². The van der Waals surface area contributed by atoms with Gasteiger partial charge >= 0.3 is 0 Å². The molecular weight excluding hydrogens is 516 g/mol. The first-order chi connectivity index (χ1) is 14.0. The number of halogens is 2. The summed E-state index contributed by atoms with van der Waals surface area (Å²) in [5.74, 6) is 0.388. The van der Waals surface area contributed by atoms with Gasteiger partial charge in [-0.3, -0.25) is 0 Å². The van der Waals surface area contributed by atoms with E-state index in [1.165, 1.54) is 12.1 Å². The lowest BCUT2D eigenvalue weighted by atomic mass is 10.00. The van der Waals surface area contributed by atoms with E-state index in [0.717, 1.165) is 23.5 Å². The van der Waals surface area contributed by atoms with Crippen LogP contribution >= 0.6 is 35.3 Å². The molecule has 3 N–H and O–H groups in total. The van der Waals surface area contributed by atoms with Crippen LogP contribution in [0, 0.1) is 5.82 Å². The third-order valence-corrected chi connectivity index (χ3v) is 5.12. The maximum Gasteiger partial charge on any atom is 0.191 e. The van der Waals surface area contributed by atoms with Gasteiger partial charge in [0.2, 0.25) is 0 Å². The topological polar surface area (TPSA) is 74.5 Å². The van der Waals surface area contributed by atoms with Crippen molar-refractivity contribution in [3.63, 3.8) is 0 Å². The molecular formula is C21H27FIN5OS. The first-order valence-electron chi connectivity index (χ1n) is 9.55. The average Bonchev–Trinajstić information content (AvgIpc) is 3.39. The number of nitrogens with one attached hydrogen (secondary N) is 2. The van der Waals surface area contributed by atoms with Crippen molar-refractivity contribution < 1.29 is 9.50 Å². The molecule has 0 aliphatic rings. The van der Waals surface area contributed by atoms with Gasteiger partial charge in [0.25, 0.3) is 0 Å². The molecule has 2 aromatic heterocycles. The Morgan fingerprint density at radius 3 is 2.67 bits per heavy atom. The van der Waals surface area contributed by atoms with Crippen molar-refractivity contribution in [3.05, 3.63) is 70.4 Å². The van der Waals surface area contributed by atoms with E-state index >= 15 is 0 Å². The van der Waals surface area contributed by atoms with E-state index in [0.29, 0.717) is 18.9 Å². The Morgan fingerprint density at radius 2 is 2.00 bits per heavy atom. The highest BCUT2D eigenvalue weighted by Gasteiger charge is 2.23. The van der Waals surface area contributed by atoms with Crippen molar-refractivity contribution in [2.45, 2.75) is 25.9 Å². The first-order valence-corrected chi connectivity index (χ1v) is 10.5. The van der Waals surface area contributed by atoms with Crippen molar-refractivity contribution >= 4 is 41.3 Å². The maximum absolute atomic E-state index is 13.1. The average molecular weight is 543 g/mol. The zero-order valence-electron chi connectivity index (χ0n) is 17.0. The molecule has 0 aliphatic carbocycles. The summed E-state index contributed by atoms with van der Waals surface area (Å²) in [5, 5.41) is 25.5. The highest BCUT2D eigenvalue weighted by atomic mass is 127. The van der Waals surface area contributed by atoms with Crippen LogP contribution in [0.15, 0.2) is 58.3 Å². The molecule has 1 unspecified atom stereocenters. The van der Waals surface area contributed by atoms with Gasteiger partial charge in [-0.05, 0) is 66.6 Å². The molecule has 2 heterocycles. The zero-order chi connectivity index (χ0) is 20.7. The van der Waals surface area contributed by atoms with Gasteiger partial charge in [-0.25, -0.2) is 14.1 Å².